The number of halogens is 3. The predicted molar refractivity (Wildman–Crippen MR) is 112 cm³/mol. The van der Waals surface area contributed by atoms with Crippen LogP contribution in [0.3, 0.4) is 0 Å². The second-order valence-corrected chi connectivity index (χ2v) is 6.90. The molecule has 1 aromatic carbocycles. The molecule has 0 amide bonds. The fourth-order valence-electron chi connectivity index (χ4n) is 2.44. The van der Waals surface area contributed by atoms with E-state index in [2.05, 4.69) is 35.8 Å². The summed E-state index contributed by atoms with van der Waals surface area (Å²) in [7, 11) is 5.34. The molecule has 1 unspecified atom stereocenters. The van der Waals surface area contributed by atoms with Crippen molar-refractivity contribution in [1.82, 2.24) is 10.2 Å². The van der Waals surface area contributed by atoms with Gasteiger partial charge in [-0.15, -0.1) is 24.0 Å². The van der Waals surface area contributed by atoms with E-state index in [1.54, 1.807) is 26.3 Å². The first-order valence-corrected chi connectivity index (χ1v) is 8.15. The number of alkyl halides is 2. The van der Waals surface area contributed by atoms with Crippen molar-refractivity contribution in [1.29, 1.82) is 0 Å². The van der Waals surface area contributed by atoms with E-state index in [-0.39, 0.29) is 41.2 Å². The number of hydrogen-bond donors (Lipinski definition) is 1. The van der Waals surface area contributed by atoms with E-state index >= 15 is 0 Å². The van der Waals surface area contributed by atoms with Gasteiger partial charge in [0.2, 0.25) is 0 Å². The molecule has 1 aromatic rings. The van der Waals surface area contributed by atoms with Crippen molar-refractivity contribution < 1.29 is 18.3 Å². The molecule has 0 aliphatic rings. The van der Waals surface area contributed by atoms with E-state index in [0.29, 0.717) is 13.1 Å². The Morgan fingerprint density at radius 1 is 1.23 bits per heavy atom. The molecule has 5 nitrogen and oxygen atoms in total. The van der Waals surface area contributed by atoms with Gasteiger partial charge in [0, 0.05) is 34.3 Å². The van der Waals surface area contributed by atoms with E-state index in [4.69, 9.17) is 4.74 Å². The molecule has 0 radical (unpaired) electrons. The van der Waals surface area contributed by atoms with Crippen LogP contribution in [0, 0.1) is 5.41 Å². The molecule has 150 valence electrons. The van der Waals surface area contributed by atoms with E-state index < -0.39 is 6.61 Å². The van der Waals surface area contributed by atoms with Crippen LogP contribution in [-0.2, 0) is 11.3 Å². The molecular formula is C18H30F2IN3O2. The highest BCUT2D eigenvalue weighted by Gasteiger charge is 2.24. The third kappa shape index (κ3) is 8.48. The smallest absolute Gasteiger partial charge is 0.387 e. The minimum atomic E-state index is -2.81. The fourth-order valence-corrected chi connectivity index (χ4v) is 2.44. The maximum atomic E-state index is 12.2. The Bertz CT molecular complexity index is 548. The van der Waals surface area contributed by atoms with Gasteiger partial charge in [-0.1, -0.05) is 32.9 Å². The van der Waals surface area contributed by atoms with Crippen LogP contribution in [-0.4, -0.2) is 51.3 Å². The van der Waals surface area contributed by atoms with E-state index in [1.165, 1.54) is 12.1 Å². The van der Waals surface area contributed by atoms with E-state index in [1.807, 2.05) is 11.9 Å². The molecule has 8 heteroatoms. The SMILES string of the molecule is CN=C(NCC(OC)C(C)(C)C)N(C)Cc1ccc(OC(F)F)cc1.I. The predicted octanol–water partition coefficient (Wildman–Crippen LogP) is 3.97. The van der Waals surface area contributed by atoms with Gasteiger partial charge in [-0.25, -0.2) is 0 Å². The molecule has 0 bridgehead atoms. The van der Waals surface area contributed by atoms with Crippen LogP contribution in [0.2, 0.25) is 0 Å². The number of rotatable bonds is 7. The third-order valence-corrected chi connectivity index (χ3v) is 3.84. The molecule has 0 fully saturated rings. The molecule has 0 aliphatic heterocycles. The minimum Gasteiger partial charge on any atom is -0.435 e. The molecule has 0 saturated heterocycles. The second-order valence-electron chi connectivity index (χ2n) is 6.90. The molecule has 0 spiro atoms. The number of ether oxygens (including phenoxy) is 2. The Labute approximate surface area is 172 Å². The third-order valence-electron chi connectivity index (χ3n) is 3.84. The Hall–Kier alpha value is -1.16. The second kappa shape index (κ2) is 11.5. The number of benzene rings is 1. The topological polar surface area (TPSA) is 46.1 Å². The quantitative estimate of drug-likeness (QED) is 0.361. The average molecular weight is 485 g/mol. The van der Waals surface area contributed by atoms with Crippen LogP contribution in [0.5, 0.6) is 5.75 Å². The van der Waals surface area contributed by atoms with Gasteiger partial charge < -0.3 is 19.7 Å². The average Bonchev–Trinajstić information content (AvgIpc) is 2.51. The molecule has 0 heterocycles. The first-order valence-electron chi connectivity index (χ1n) is 8.15. The number of guanidine groups is 1. The van der Waals surface area contributed by atoms with Crippen molar-refractivity contribution >= 4 is 29.9 Å². The molecule has 0 saturated carbocycles. The summed E-state index contributed by atoms with van der Waals surface area (Å²) in [5, 5.41) is 3.31. The summed E-state index contributed by atoms with van der Waals surface area (Å²) in [6, 6.07) is 6.58. The van der Waals surface area contributed by atoms with Crippen LogP contribution >= 0.6 is 24.0 Å². The van der Waals surface area contributed by atoms with Gasteiger partial charge in [0.15, 0.2) is 5.96 Å². The number of aliphatic imine (C=N–C) groups is 1. The summed E-state index contributed by atoms with van der Waals surface area (Å²) < 4.78 is 34.3. The molecule has 1 atom stereocenters. The van der Waals surface area contributed by atoms with Crippen molar-refractivity contribution in [2.45, 2.75) is 40.0 Å². The zero-order valence-electron chi connectivity index (χ0n) is 16.3. The highest BCUT2D eigenvalue weighted by molar-refractivity contribution is 14.0. The molecular weight excluding hydrogens is 455 g/mol. The molecule has 1 rings (SSSR count). The Kier molecular flexibility index (Phi) is 11.0. The van der Waals surface area contributed by atoms with Crippen LogP contribution in [0.25, 0.3) is 0 Å². The van der Waals surface area contributed by atoms with Crippen LogP contribution < -0.4 is 10.1 Å². The molecule has 0 aromatic heterocycles. The lowest BCUT2D eigenvalue weighted by atomic mass is 9.89. The van der Waals surface area contributed by atoms with Gasteiger partial charge >= 0.3 is 6.61 Å². The number of nitrogens with zero attached hydrogens (tertiary/aromatic N) is 2. The van der Waals surface area contributed by atoms with E-state index in [9.17, 15) is 8.78 Å². The molecule has 0 aliphatic carbocycles. The van der Waals surface area contributed by atoms with Crippen LogP contribution in [0.1, 0.15) is 26.3 Å². The van der Waals surface area contributed by atoms with Gasteiger partial charge in [0.1, 0.15) is 5.75 Å². The number of nitrogens with one attached hydrogen (secondary N) is 1. The van der Waals surface area contributed by atoms with Crippen molar-refractivity contribution in [3.05, 3.63) is 29.8 Å². The highest BCUT2D eigenvalue weighted by atomic mass is 127. The maximum Gasteiger partial charge on any atom is 0.387 e. The Morgan fingerprint density at radius 2 is 1.81 bits per heavy atom. The monoisotopic (exact) mass is 485 g/mol. The summed E-state index contributed by atoms with van der Waals surface area (Å²) in [6.07, 6.45) is 0.0448. The normalized spacial score (nSPS) is 13.2. The van der Waals surface area contributed by atoms with Crippen molar-refractivity contribution in [2.24, 2.45) is 10.4 Å². The Balaban J connectivity index is 0.00000625. The Morgan fingerprint density at radius 3 is 2.23 bits per heavy atom. The van der Waals surface area contributed by atoms with Crippen molar-refractivity contribution in [3.63, 3.8) is 0 Å². The number of hydrogen-bond acceptors (Lipinski definition) is 3. The molecule has 1 N–H and O–H groups in total. The lowest BCUT2D eigenvalue weighted by Crippen LogP contribution is -2.45. The summed E-state index contributed by atoms with van der Waals surface area (Å²) in [5.74, 6) is 0.885. The highest BCUT2D eigenvalue weighted by Crippen LogP contribution is 2.21. The largest absolute Gasteiger partial charge is 0.435 e. The standard InChI is InChI=1S/C18H29F2N3O2.HI/c1-18(2,3)15(24-6)11-22-17(21-4)23(5)12-13-7-9-14(10-8-13)25-16(19)20;/h7-10,15-16H,11-12H2,1-6H3,(H,21,22);1H. The summed E-state index contributed by atoms with van der Waals surface area (Å²) in [4.78, 5) is 6.24. The van der Waals surface area contributed by atoms with E-state index in [0.717, 1.165) is 11.5 Å². The van der Waals surface area contributed by atoms with Gasteiger partial charge in [0.05, 0.1) is 6.10 Å². The van der Waals surface area contributed by atoms with Crippen molar-refractivity contribution in [3.8, 4) is 5.75 Å². The van der Waals surface area contributed by atoms with Gasteiger partial charge in [-0.3, -0.25) is 4.99 Å². The summed E-state index contributed by atoms with van der Waals surface area (Å²) in [5.41, 5.74) is 0.978. The van der Waals surface area contributed by atoms with Gasteiger partial charge in [-0.05, 0) is 23.1 Å². The zero-order chi connectivity index (χ0) is 19.0. The minimum absolute atomic E-state index is 0. The van der Waals surface area contributed by atoms with Crippen LogP contribution in [0.15, 0.2) is 29.3 Å². The first kappa shape index (κ1) is 24.8. The van der Waals surface area contributed by atoms with Crippen LogP contribution in [0.4, 0.5) is 8.78 Å². The van der Waals surface area contributed by atoms with Crippen molar-refractivity contribution in [2.75, 3.05) is 27.7 Å². The maximum absolute atomic E-state index is 12.2. The fraction of sp³-hybridized carbons (Fsp3) is 0.611. The lowest BCUT2D eigenvalue weighted by Gasteiger charge is -2.31. The van der Waals surface area contributed by atoms with Gasteiger partial charge in [0.25, 0.3) is 0 Å². The zero-order valence-corrected chi connectivity index (χ0v) is 18.6. The summed E-state index contributed by atoms with van der Waals surface area (Å²) in [6.45, 7) is 4.78. The lowest BCUT2D eigenvalue weighted by molar-refractivity contribution is -0.0498. The first-order chi connectivity index (χ1) is 11.7. The number of methoxy groups -OCH3 is 1. The summed E-state index contributed by atoms with van der Waals surface area (Å²) >= 11 is 0. The van der Waals surface area contributed by atoms with Gasteiger partial charge in [-0.2, -0.15) is 8.78 Å². The molecule has 26 heavy (non-hydrogen) atoms.